The topological polar surface area (TPSA) is 12.0 Å². The van der Waals surface area contributed by atoms with Gasteiger partial charge in [0, 0.05) is 0 Å². The largest absolute Gasteiger partial charge is 0.317 e. The SMILES string of the molecule is CCNCC1CCC(C)(C)CC1c1cccc(C)c1. The summed E-state index contributed by atoms with van der Waals surface area (Å²) in [5, 5.41) is 3.56. The van der Waals surface area contributed by atoms with Crippen LogP contribution in [0.25, 0.3) is 0 Å². The normalized spacial score (nSPS) is 26.3. The molecule has 0 heterocycles. The zero-order chi connectivity index (χ0) is 13.9. The number of benzene rings is 1. The maximum Gasteiger partial charge on any atom is -0.00148 e. The quantitative estimate of drug-likeness (QED) is 0.838. The molecule has 1 aliphatic rings. The minimum atomic E-state index is 0.497. The van der Waals surface area contributed by atoms with Crippen molar-refractivity contribution < 1.29 is 0 Å². The smallest absolute Gasteiger partial charge is 0.00148 e. The first-order valence-electron chi connectivity index (χ1n) is 7.79. The third kappa shape index (κ3) is 3.82. The number of aryl methyl sites for hydroxylation is 1. The van der Waals surface area contributed by atoms with Crippen LogP contribution in [0.15, 0.2) is 24.3 Å². The fraction of sp³-hybridized carbons (Fsp3) is 0.667. The van der Waals surface area contributed by atoms with E-state index in [1.165, 1.54) is 31.4 Å². The van der Waals surface area contributed by atoms with Crippen molar-refractivity contribution >= 4 is 0 Å². The van der Waals surface area contributed by atoms with Crippen LogP contribution in [0.1, 0.15) is 57.1 Å². The molecule has 0 spiro atoms. The molecule has 1 N–H and O–H groups in total. The fourth-order valence-corrected chi connectivity index (χ4v) is 3.51. The molecule has 2 rings (SSSR count). The lowest BCUT2D eigenvalue weighted by Crippen LogP contribution is -2.34. The molecule has 0 saturated heterocycles. The lowest BCUT2D eigenvalue weighted by Gasteiger charge is -2.41. The van der Waals surface area contributed by atoms with E-state index in [-0.39, 0.29) is 0 Å². The lowest BCUT2D eigenvalue weighted by atomic mass is 9.65. The van der Waals surface area contributed by atoms with E-state index < -0.39 is 0 Å². The van der Waals surface area contributed by atoms with Crippen molar-refractivity contribution in [2.75, 3.05) is 13.1 Å². The minimum Gasteiger partial charge on any atom is -0.317 e. The zero-order valence-corrected chi connectivity index (χ0v) is 13.0. The second-order valence-electron chi connectivity index (χ2n) is 7.00. The van der Waals surface area contributed by atoms with Gasteiger partial charge in [-0.05, 0) is 62.1 Å². The van der Waals surface area contributed by atoms with E-state index >= 15 is 0 Å². The Morgan fingerprint density at radius 3 is 2.79 bits per heavy atom. The van der Waals surface area contributed by atoms with Gasteiger partial charge in [0.05, 0.1) is 0 Å². The highest BCUT2D eigenvalue weighted by molar-refractivity contribution is 5.27. The van der Waals surface area contributed by atoms with Crippen LogP contribution < -0.4 is 5.32 Å². The molecule has 1 aliphatic carbocycles. The van der Waals surface area contributed by atoms with Crippen molar-refractivity contribution in [3.8, 4) is 0 Å². The highest BCUT2D eigenvalue weighted by Gasteiger charge is 2.35. The summed E-state index contributed by atoms with van der Waals surface area (Å²) in [6.45, 7) is 11.5. The summed E-state index contributed by atoms with van der Waals surface area (Å²) >= 11 is 0. The van der Waals surface area contributed by atoms with Crippen LogP contribution in [0, 0.1) is 18.3 Å². The Balaban J connectivity index is 2.19. The van der Waals surface area contributed by atoms with Crippen LogP contribution in [-0.2, 0) is 0 Å². The molecule has 0 aromatic heterocycles. The number of nitrogens with one attached hydrogen (secondary N) is 1. The molecule has 0 bridgehead atoms. The number of hydrogen-bond acceptors (Lipinski definition) is 1. The Morgan fingerprint density at radius 1 is 1.32 bits per heavy atom. The molecular weight excluding hydrogens is 230 g/mol. The Kier molecular flexibility index (Phi) is 4.67. The summed E-state index contributed by atoms with van der Waals surface area (Å²) in [5.41, 5.74) is 3.44. The summed E-state index contributed by atoms with van der Waals surface area (Å²) in [6.07, 6.45) is 4.05. The first-order valence-corrected chi connectivity index (χ1v) is 7.79. The molecule has 1 fully saturated rings. The van der Waals surface area contributed by atoms with Crippen LogP contribution in [0.4, 0.5) is 0 Å². The van der Waals surface area contributed by atoms with Crippen molar-refractivity contribution in [2.24, 2.45) is 11.3 Å². The predicted octanol–water partition coefficient (Wildman–Crippen LogP) is 4.51. The van der Waals surface area contributed by atoms with Gasteiger partial charge in [-0.15, -0.1) is 0 Å². The first kappa shape index (κ1) is 14.6. The van der Waals surface area contributed by atoms with Crippen LogP contribution >= 0.6 is 0 Å². The molecule has 106 valence electrons. The Bertz CT molecular complexity index is 408. The van der Waals surface area contributed by atoms with Crippen LogP contribution in [0.2, 0.25) is 0 Å². The van der Waals surface area contributed by atoms with Gasteiger partial charge in [-0.1, -0.05) is 50.6 Å². The third-order valence-corrected chi connectivity index (χ3v) is 4.66. The predicted molar refractivity (Wildman–Crippen MR) is 83.6 cm³/mol. The van der Waals surface area contributed by atoms with Gasteiger partial charge >= 0.3 is 0 Å². The van der Waals surface area contributed by atoms with Gasteiger partial charge in [0.2, 0.25) is 0 Å². The van der Waals surface area contributed by atoms with Gasteiger partial charge in [0.25, 0.3) is 0 Å². The van der Waals surface area contributed by atoms with E-state index in [4.69, 9.17) is 0 Å². The third-order valence-electron chi connectivity index (χ3n) is 4.66. The molecule has 0 radical (unpaired) electrons. The van der Waals surface area contributed by atoms with Crippen LogP contribution in [0.5, 0.6) is 0 Å². The van der Waals surface area contributed by atoms with Gasteiger partial charge in [-0.3, -0.25) is 0 Å². The van der Waals surface area contributed by atoms with Crippen molar-refractivity contribution in [1.82, 2.24) is 5.32 Å². The van der Waals surface area contributed by atoms with E-state index in [9.17, 15) is 0 Å². The highest BCUT2D eigenvalue weighted by Crippen LogP contribution is 2.46. The maximum absolute atomic E-state index is 3.56. The second-order valence-corrected chi connectivity index (χ2v) is 7.00. The molecule has 2 unspecified atom stereocenters. The Hall–Kier alpha value is -0.820. The van der Waals surface area contributed by atoms with E-state index in [1.54, 1.807) is 5.56 Å². The van der Waals surface area contributed by atoms with Gasteiger partial charge in [0.1, 0.15) is 0 Å². The van der Waals surface area contributed by atoms with Crippen molar-refractivity contribution in [2.45, 2.75) is 52.9 Å². The highest BCUT2D eigenvalue weighted by atomic mass is 14.8. The molecule has 2 atom stereocenters. The molecule has 1 aromatic carbocycles. The molecular formula is C18H29N. The summed E-state index contributed by atoms with van der Waals surface area (Å²) in [4.78, 5) is 0. The molecule has 0 aliphatic heterocycles. The van der Waals surface area contributed by atoms with E-state index in [0.29, 0.717) is 5.41 Å². The molecule has 1 nitrogen and oxygen atoms in total. The van der Waals surface area contributed by atoms with E-state index in [2.05, 4.69) is 57.3 Å². The monoisotopic (exact) mass is 259 g/mol. The van der Waals surface area contributed by atoms with Crippen LogP contribution in [-0.4, -0.2) is 13.1 Å². The summed E-state index contributed by atoms with van der Waals surface area (Å²) in [7, 11) is 0. The van der Waals surface area contributed by atoms with Gasteiger partial charge in [-0.25, -0.2) is 0 Å². The number of hydrogen-bond donors (Lipinski definition) is 1. The standard InChI is InChI=1S/C18H29N/c1-5-19-13-16-9-10-18(3,4)12-17(16)15-8-6-7-14(2)11-15/h6-8,11,16-17,19H,5,9-10,12-13H2,1-4H3. The maximum atomic E-state index is 3.56. The van der Waals surface area contributed by atoms with Gasteiger partial charge < -0.3 is 5.32 Å². The van der Waals surface area contributed by atoms with Crippen molar-refractivity contribution in [1.29, 1.82) is 0 Å². The molecule has 19 heavy (non-hydrogen) atoms. The van der Waals surface area contributed by atoms with Crippen molar-refractivity contribution in [3.63, 3.8) is 0 Å². The van der Waals surface area contributed by atoms with Gasteiger partial charge in [0.15, 0.2) is 0 Å². The Labute approximate surface area is 118 Å². The van der Waals surface area contributed by atoms with Gasteiger partial charge in [-0.2, -0.15) is 0 Å². The Morgan fingerprint density at radius 2 is 2.11 bits per heavy atom. The fourth-order valence-electron chi connectivity index (χ4n) is 3.51. The van der Waals surface area contributed by atoms with Crippen molar-refractivity contribution in [3.05, 3.63) is 35.4 Å². The molecule has 0 amide bonds. The summed E-state index contributed by atoms with van der Waals surface area (Å²) in [5.74, 6) is 1.53. The lowest BCUT2D eigenvalue weighted by molar-refractivity contribution is 0.160. The zero-order valence-electron chi connectivity index (χ0n) is 13.0. The molecule has 1 saturated carbocycles. The molecule has 1 heteroatoms. The summed E-state index contributed by atoms with van der Waals surface area (Å²) < 4.78 is 0. The van der Waals surface area contributed by atoms with E-state index in [1.807, 2.05) is 0 Å². The average molecular weight is 259 g/mol. The van der Waals surface area contributed by atoms with Crippen LogP contribution in [0.3, 0.4) is 0 Å². The number of rotatable bonds is 4. The average Bonchev–Trinajstić information content (AvgIpc) is 2.36. The molecule has 1 aromatic rings. The first-order chi connectivity index (χ1) is 9.02. The minimum absolute atomic E-state index is 0.497. The van der Waals surface area contributed by atoms with E-state index in [0.717, 1.165) is 18.4 Å². The summed E-state index contributed by atoms with van der Waals surface area (Å²) in [6, 6.07) is 9.15. The second kappa shape index (κ2) is 6.09.